The molecule has 0 spiro atoms. The molecule has 0 aromatic rings. The highest BCUT2D eigenvalue weighted by Crippen LogP contribution is 2.68. The summed E-state index contributed by atoms with van der Waals surface area (Å²) in [6.45, 7) is 0. The van der Waals surface area contributed by atoms with Gasteiger partial charge in [-0.1, -0.05) is 0 Å². The summed E-state index contributed by atoms with van der Waals surface area (Å²) in [7, 11) is 0. The Labute approximate surface area is 72.0 Å². The molecular weight excluding hydrogens is 152 g/mol. The van der Waals surface area contributed by atoms with Gasteiger partial charge in [0.05, 0.1) is 0 Å². The summed E-state index contributed by atoms with van der Waals surface area (Å²) in [6, 6.07) is 0. The second-order valence-electron chi connectivity index (χ2n) is 4.82. The van der Waals surface area contributed by atoms with Crippen LogP contribution in [-0.4, -0.2) is 11.1 Å². The van der Waals surface area contributed by atoms with Crippen LogP contribution in [0, 0.1) is 29.6 Å². The maximum atomic E-state index is 10.6. The van der Waals surface area contributed by atoms with Gasteiger partial charge in [0.25, 0.3) is 0 Å². The monoisotopic (exact) mass is 166 g/mol. The van der Waals surface area contributed by atoms with E-state index in [0.717, 1.165) is 23.7 Å². The molecule has 66 valence electrons. The lowest BCUT2D eigenvalue weighted by Crippen LogP contribution is -2.16. The molecule has 0 saturated heterocycles. The molecule has 0 aromatic carbocycles. The number of hydrogen-bond donors (Lipinski definition) is 1. The zero-order valence-corrected chi connectivity index (χ0v) is 7.07. The van der Waals surface area contributed by atoms with Gasteiger partial charge < -0.3 is 5.11 Å². The number of hydrogen-bond acceptors (Lipinski definition) is 1. The SMILES string of the molecule is O=C(O)CC1CC2CC1C1CC21. The van der Waals surface area contributed by atoms with Crippen LogP contribution in [0.25, 0.3) is 0 Å². The summed E-state index contributed by atoms with van der Waals surface area (Å²) in [6.07, 6.45) is 4.43. The predicted molar refractivity (Wildman–Crippen MR) is 43.6 cm³/mol. The van der Waals surface area contributed by atoms with Crippen LogP contribution < -0.4 is 0 Å². The first-order chi connectivity index (χ1) is 5.75. The molecule has 2 bridgehead atoms. The fourth-order valence-electron chi connectivity index (χ4n) is 3.80. The van der Waals surface area contributed by atoms with Gasteiger partial charge in [-0.05, 0) is 48.9 Å². The fourth-order valence-corrected chi connectivity index (χ4v) is 3.80. The molecule has 2 heteroatoms. The Kier molecular flexibility index (Phi) is 1.18. The third kappa shape index (κ3) is 0.782. The minimum Gasteiger partial charge on any atom is -0.481 e. The Morgan fingerprint density at radius 1 is 1.17 bits per heavy atom. The number of fused-ring (bicyclic) bond motifs is 5. The average Bonchev–Trinajstić information content (AvgIpc) is 2.61. The largest absolute Gasteiger partial charge is 0.481 e. The van der Waals surface area contributed by atoms with Crippen molar-refractivity contribution in [2.75, 3.05) is 0 Å². The van der Waals surface area contributed by atoms with Gasteiger partial charge in [0.1, 0.15) is 0 Å². The van der Waals surface area contributed by atoms with Crippen molar-refractivity contribution in [2.24, 2.45) is 29.6 Å². The van der Waals surface area contributed by atoms with E-state index < -0.39 is 5.97 Å². The Bertz CT molecular complexity index is 236. The smallest absolute Gasteiger partial charge is 0.303 e. The molecule has 3 fully saturated rings. The normalized spacial score (nSPS) is 53.8. The summed E-state index contributed by atoms with van der Waals surface area (Å²) < 4.78 is 0. The van der Waals surface area contributed by atoms with Crippen molar-refractivity contribution in [3.05, 3.63) is 0 Å². The number of carbonyl (C=O) groups is 1. The van der Waals surface area contributed by atoms with Crippen molar-refractivity contribution in [1.82, 2.24) is 0 Å². The fraction of sp³-hybridized carbons (Fsp3) is 0.900. The molecule has 0 radical (unpaired) electrons. The van der Waals surface area contributed by atoms with Crippen LogP contribution in [0.15, 0.2) is 0 Å². The molecule has 5 unspecified atom stereocenters. The summed E-state index contributed by atoms with van der Waals surface area (Å²) >= 11 is 0. The van der Waals surface area contributed by atoms with E-state index in [-0.39, 0.29) is 0 Å². The van der Waals surface area contributed by atoms with Crippen LogP contribution in [0.4, 0.5) is 0 Å². The maximum absolute atomic E-state index is 10.6. The highest BCUT2D eigenvalue weighted by atomic mass is 16.4. The molecule has 3 rings (SSSR count). The second kappa shape index (κ2) is 2.04. The lowest BCUT2D eigenvalue weighted by Gasteiger charge is -2.18. The third-order valence-corrected chi connectivity index (χ3v) is 4.27. The van der Waals surface area contributed by atoms with Crippen LogP contribution >= 0.6 is 0 Å². The topological polar surface area (TPSA) is 37.3 Å². The highest BCUT2D eigenvalue weighted by Gasteiger charge is 2.60. The summed E-state index contributed by atoms with van der Waals surface area (Å²) in [5.74, 6) is 3.65. The van der Waals surface area contributed by atoms with E-state index in [1.807, 2.05) is 0 Å². The summed E-state index contributed by atoms with van der Waals surface area (Å²) in [5.41, 5.74) is 0. The number of carboxylic acids is 1. The van der Waals surface area contributed by atoms with Crippen LogP contribution in [-0.2, 0) is 4.79 Å². The minimum absolute atomic E-state index is 0.435. The van der Waals surface area contributed by atoms with Gasteiger partial charge in [-0.25, -0.2) is 0 Å². The first-order valence-corrected chi connectivity index (χ1v) is 4.97. The summed E-state index contributed by atoms with van der Waals surface area (Å²) in [4.78, 5) is 10.6. The van der Waals surface area contributed by atoms with E-state index in [0.29, 0.717) is 12.3 Å². The van der Waals surface area contributed by atoms with E-state index in [4.69, 9.17) is 5.11 Å². The quantitative estimate of drug-likeness (QED) is 0.678. The lowest BCUT2D eigenvalue weighted by molar-refractivity contribution is -0.138. The maximum Gasteiger partial charge on any atom is 0.303 e. The standard InChI is InChI=1S/C10H14O2/c11-10(12)3-6-1-5-2-7(6)9-4-8(5)9/h5-9H,1-4H2,(H,11,12). The van der Waals surface area contributed by atoms with Crippen molar-refractivity contribution in [1.29, 1.82) is 0 Å². The van der Waals surface area contributed by atoms with Gasteiger partial charge in [-0.15, -0.1) is 0 Å². The molecule has 3 aliphatic rings. The van der Waals surface area contributed by atoms with Gasteiger partial charge in [-0.2, -0.15) is 0 Å². The van der Waals surface area contributed by atoms with Crippen molar-refractivity contribution >= 4 is 5.97 Å². The molecular formula is C10H14O2. The van der Waals surface area contributed by atoms with E-state index in [1.165, 1.54) is 19.3 Å². The van der Waals surface area contributed by atoms with Crippen molar-refractivity contribution in [3.8, 4) is 0 Å². The Morgan fingerprint density at radius 3 is 2.58 bits per heavy atom. The van der Waals surface area contributed by atoms with Crippen LogP contribution in [0.1, 0.15) is 25.7 Å². The van der Waals surface area contributed by atoms with Crippen LogP contribution in [0.5, 0.6) is 0 Å². The summed E-state index contributed by atoms with van der Waals surface area (Å²) in [5, 5.41) is 8.70. The van der Waals surface area contributed by atoms with Gasteiger partial charge in [0.2, 0.25) is 0 Å². The molecule has 3 saturated carbocycles. The lowest BCUT2D eigenvalue weighted by atomic mass is 9.86. The van der Waals surface area contributed by atoms with Crippen molar-refractivity contribution in [3.63, 3.8) is 0 Å². The average molecular weight is 166 g/mol. The Morgan fingerprint density at radius 2 is 2.00 bits per heavy atom. The predicted octanol–water partition coefficient (Wildman–Crippen LogP) is 1.75. The van der Waals surface area contributed by atoms with E-state index in [9.17, 15) is 4.79 Å². The number of carboxylic acid groups (broad SMARTS) is 1. The van der Waals surface area contributed by atoms with Gasteiger partial charge >= 0.3 is 5.97 Å². The van der Waals surface area contributed by atoms with Gasteiger partial charge in [0.15, 0.2) is 0 Å². The van der Waals surface area contributed by atoms with Gasteiger partial charge in [0, 0.05) is 6.42 Å². The van der Waals surface area contributed by atoms with Crippen LogP contribution in [0.3, 0.4) is 0 Å². The Hall–Kier alpha value is -0.530. The zero-order valence-electron chi connectivity index (χ0n) is 7.07. The minimum atomic E-state index is -0.593. The van der Waals surface area contributed by atoms with E-state index >= 15 is 0 Å². The first kappa shape index (κ1) is 6.93. The number of aliphatic carboxylic acids is 1. The van der Waals surface area contributed by atoms with E-state index in [1.54, 1.807) is 0 Å². The Balaban J connectivity index is 1.72. The van der Waals surface area contributed by atoms with Gasteiger partial charge in [-0.3, -0.25) is 4.79 Å². The third-order valence-electron chi connectivity index (χ3n) is 4.27. The van der Waals surface area contributed by atoms with E-state index in [2.05, 4.69) is 0 Å². The number of rotatable bonds is 2. The molecule has 0 aliphatic heterocycles. The first-order valence-electron chi connectivity index (χ1n) is 4.97. The molecule has 0 heterocycles. The molecule has 3 aliphatic carbocycles. The van der Waals surface area contributed by atoms with Crippen molar-refractivity contribution < 1.29 is 9.90 Å². The molecule has 0 amide bonds. The second-order valence-corrected chi connectivity index (χ2v) is 4.82. The zero-order chi connectivity index (χ0) is 8.29. The molecule has 5 atom stereocenters. The van der Waals surface area contributed by atoms with Crippen LogP contribution in [0.2, 0.25) is 0 Å². The molecule has 1 N–H and O–H groups in total. The highest BCUT2D eigenvalue weighted by molar-refractivity contribution is 5.67. The molecule has 0 aromatic heterocycles. The van der Waals surface area contributed by atoms with Crippen molar-refractivity contribution in [2.45, 2.75) is 25.7 Å². The molecule has 2 nitrogen and oxygen atoms in total. The molecule has 12 heavy (non-hydrogen) atoms.